The van der Waals surface area contributed by atoms with E-state index in [1.807, 2.05) is 39.0 Å². The first-order valence-electron chi connectivity index (χ1n) is 8.69. The Morgan fingerprint density at radius 2 is 1.81 bits per heavy atom. The van der Waals surface area contributed by atoms with E-state index >= 15 is 0 Å². The molecule has 2 rings (SSSR count). The molecule has 0 saturated carbocycles. The third-order valence-electron chi connectivity index (χ3n) is 4.48. The van der Waals surface area contributed by atoms with Gasteiger partial charge in [-0.05, 0) is 62.1 Å². The summed E-state index contributed by atoms with van der Waals surface area (Å²) in [6.07, 6.45) is 1.78. The third kappa shape index (κ3) is 5.71. The Hall–Kier alpha value is -2.05. The first-order valence-corrected chi connectivity index (χ1v) is 10.9. The molecule has 0 heterocycles. The molecule has 27 heavy (non-hydrogen) atoms. The van der Waals surface area contributed by atoms with Crippen LogP contribution in [0.5, 0.6) is 0 Å². The number of sulfonamides is 1. The summed E-state index contributed by atoms with van der Waals surface area (Å²) < 4.78 is 25.8. The highest BCUT2D eigenvalue weighted by Gasteiger charge is 2.20. The van der Waals surface area contributed by atoms with Crippen LogP contribution < -0.4 is 9.62 Å². The summed E-state index contributed by atoms with van der Waals surface area (Å²) in [7, 11) is -3.48. The second kappa shape index (κ2) is 8.76. The van der Waals surface area contributed by atoms with E-state index in [-0.39, 0.29) is 18.9 Å². The minimum absolute atomic E-state index is 0.139. The van der Waals surface area contributed by atoms with E-state index in [0.717, 1.165) is 28.6 Å². The first-order chi connectivity index (χ1) is 12.6. The summed E-state index contributed by atoms with van der Waals surface area (Å²) >= 11 is 6.03. The molecule has 7 heteroatoms. The molecule has 2 aromatic rings. The molecule has 0 aliphatic rings. The molecule has 0 aliphatic heterocycles. The van der Waals surface area contributed by atoms with Crippen LogP contribution in [0, 0.1) is 20.8 Å². The molecule has 0 atom stereocenters. The van der Waals surface area contributed by atoms with Gasteiger partial charge in [0.2, 0.25) is 15.9 Å². The van der Waals surface area contributed by atoms with Crippen LogP contribution in [-0.2, 0) is 14.8 Å². The Balaban J connectivity index is 2.05. The molecule has 0 aliphatic carbocycles. The number of amides is 1. The standard InChI is InChI=1S/C20H25ClN2O3S/c1-14-7-5-8-18(16(14)3)22-20(24)9-6-12-23(27(4,25)26)19-13-17(21)11-10-15(19)2/h5,7-8,10-11,13H,6,9,12H2,1-4H3,(H,22,24). The van der Waals surface area contributed by atoms with Gasteiger partial charge in [-0.25, -0.2) is 8.42 Å². The van der Waals surface area contributed by atoms with Gasteiger partial charge in [-0.2, -0.15) is 0 Å². The number of hydrogen-bond acceptors (Lipinski definition) is 3. The van der Waals surface area contributed by atoms with Gasteiger partial charge >= 0.3 is 0 Å². The summed E-state index contributed by atoms with van der Waals surface area (Å²) in [6, 6.07) is 10.9. The maximum Gasteiger partial charge on any atom is 0.232 e. The van der Waals surface area contributed by atoms with Gasteiger partial charge in [0.15, 0.2) is 0 Å². The summed E-state index contributed by atoms with van der Waals surface area (Å²) in [5, 5.41) is 3.37. The normalized spacial score (nSPS) is 11.3. The number of halogens is 1. The highest BCUT2D eigenvalue weighted by atomic mass is 35.5. The fourth-order valence-corrected chi connectivity index (χ4v) is 3.98. The molecule has 5 nitrogen and oxygen atoms in total. The number of hydrogen-bond donors (Lipinski definition) is 1. The zero-order valence-electron chi connectivity index (χ0n) is 16.0. The van der Waals surface area contributed by atoms with E-state index in [9.17, 15) is 13.2 Å². The molecule has 146 valence electrons. The van der Waals surface area contributed by atoms with Crippen molar-refractivity contribution in [3.8, 4) is 0 Å². The van der Waals surface area contributed by atoms with Gasteiger partial charge in [0, 0.05) is 23.7 Å². The van der Waals surface area contributed by atoms with Gasteiger partial charge in [0.25, 0.3) is 0 Å². The van der Waals surface area contributed by atoms with Gasteiger partial charge in [-0.1, -0.05) is 29.8 Å². The van der Waals surface area contributed by atoms with Crippen molar-refractivity contribution < 1.29 is 13.2 Å². The number of carbonyl (C=O) groups excluding carboxylic acids is 1. The summed E-state index contributed by atoms with van der Waals surface area (Å²) in [5.41, 5.74) is 4.26. The van der Waals surface area contributed by atoms with E-state index in [1.165, 1.54) is 4.31 Å². The molecule has 0 radical (unpaired) electrons. The van der Waals surface area contributed by atoms with Crippen molar-refractivity contribution in [2.75, 3.05) is 22.4 Å². The lowest BCUT2D eigenvalue weighted by molar-refractivity contribution is -0.116. The molecule has 0 bridgehead atoms. The lowest BCUT2D eigenvalue weighted by atomic mass is 10.1. The van der Waals surface area contributed by atoms with Crippen molar-refractivity contribution in [3.63, 3.8) is 0 Å². The van der Waals surface area contributed by atoms with E-state index in [0.29, 0.717) is 17.1 Å². The predicted octanol–water partition coefficient (Wildman–Crippen LogP) is 4.45. The van der Waals surface area contributed by atoms with Crippen molar-refractivity contribution in [2.45, 2.75) is 33.6 Å². The van der Waals surface area contributed by atoms with Crippen LogP contribution in [0.25, 0.3) is 0 Å². The molecule has 1 N–H and O–H groups in total. The Kier molecular flexibility index (Phi) is 6.89. The van der Waals surface area contributed by atoms with Crippen LogP contribution in [-0.4, -0.2) is 27.1 Å². The van der Waals surface area contributed by atoms with Gasteiger partial charge in [-0.15, -0.1) is 0 Å². The Morgan fingerprint density at radius 1 is 1.11 bits per heavy atom. The average molecular weight is 409 g/mol. The Morgan fingerprint density at radius 3 is 2.48 bits per heavy atom. The molecule has 0 fully saturated rings. The number of carbonyl (C=O) groups is 1. The van der Waals surface area contributed by atoms with E-state index < -0.39 is 10.0 Å². The fraction of sp³-hybridized carbons (Fsp3) is 0.350. The summed E-state index contributed by atoms with van der Waals surface area (Å²) in [5.74, 6) is -0.139. The number of rotatable bonds is 7. The lowest BCUT2D eigenvalue weighted by Gasteiger charge is -2.24. The minimum Gasteiger partial charge on any atom is -0.326 e. The number of aryl methyl sites for hydroxylation is 2. The molecule has 0 aromatic heterocycles. The van der Waals surface area contributed by atoms with Crippen molar-refractivity contribution in [1.82, 2.24) is 0 Å². The smallest absolute Gasteiger partial charge is 0.232 e. The van der Waals surface area contributed by atoms with E-state index in [1.54, 1.807) is 18.2 Å². The van der Waals surface area contributed by atoms with Crippen LogP contribution in [0.15, 0.2) is 36.4 Å². The molecule has 0 spiro atoms. The molecule has 0 saturated heterocycles. The van der Waals surface area contributed by atoms with Crippen LogP contribution in [0.4, 0.5) is 11.4 Å². The topological polar surface area (TPSA) is 66.5 Å². The van der Waals surface area contributed by atoms with Gasteiger partial charge in [0.1, 0.15) is 0 Å². The van der Waals surface area contributed by atoms with Crippen LogP contribution in [0.1, 0.15) is 29.5 Å². The largest absolute Gasteiger partial charge is 0.326 e. The summed E-state index contributed by atoms with van der Waals surface area (Å²) in [4.78, 5) is 12.3. The highest BCUT2D eigenvalue weighted by molar-refractivity contribution is 7.92. The monoisotopic (exact) mass is 408 g/mol. The zero-order valence-corrected chi connectivity index (χ0v) is 17.6. The number of benzene rings is 2. The summed E-state index contributed by atoms with van der Waals surface area (Å²) in [6.45, 7) is 5.98. The molecule has 2 aromatic carbocycles. The number of anilines is 2. The first kappa shape index (κ1) is 21.3. The fourth-order valence-electron chi connectivity index (χ4n) is 2.80. The Labute approximate surface area is 166 Å². The minimum atomic E-state index is -3.48. The predicted molar refractivity (Wildman–Crippen MR) is 112 cm³/mol. The number of nitrogens with one attached hydrogen (secondary N) is 1. The molecular formula is C20H25ClN2O3S. The van der Waals surface area contributed by atoms with Crippen molar-refractivity contribution >= 4 is 38.9 Å². The molecule has 1 amide bonds. The van der Waals surface area contributed by atoms with Crippen molar-refractivity contribution in [3.05, 3.63) is 58.1 Å². The Bertz CT molecular complexity index is 942. The van der Waals surface area contributed by atoms with Crippen molar-refractivity contribution in [2.24, 2.45) is 0 Å². The van der Waals surface area contributed by atoms with Crippen LogP contribution >= 0.6 is 11.6 Å². The highest BCUT2D eigenvalue weighted by Crippen LogP contribution is 2.26. The third-order valence-corrected chi connectivity index (χ3v) is 5.90. The second-order valence-corrected chi connectivity index (χ2v) is 9.01. The van der Waals surface area contributed by atoms with Gasteiger partial charge in [0.05, 0.1) is 11.9 Å². The van der Waals surface area contributed by atoms with E-state index in [4.69, 9.17) is 11.6 Å². The van der Waals surface area contributed by atoms with Crippen molar-refractivity contribution in [1.29, 1.82) is 0 Å². The number of nitrogens with zero attached hydrogens (tertiary/aromatic N) is 1. The maximum absolute atomic E-state index is 12.3. The van der Waals surface area contributed by atoms with Gasteiger partial charge < -0.3 is 5.32 Å². The lowest BCUT2D eigenvalue weighted by Crippen LogP contribution is -2.32. The average Bonchev–Trinajstić information content (AvgIpc) is 2.57. The second-order valence-electron chi connectivity index (χ2n) is 6.67. The molecular weight excluding hydrogens is 384 g/mol. The zero-order chi connectivity index (χ0) is 20.2. The SMILES string of the molecule is Cc1ccc(Cl)cc1N(CCCC(=O)Nc1cccc(C)c1C)S(C)(=O)=O. The van der Waals surface area contributed by atoms with Crippen LogP contribution in [0.2, 0.25) is 5.02 Å². The molecule has 0 unspecified atom stereocenters. The van der Waals surface area contributed by atoms with Gasteiger partial charge in [-0.3, -0.25) is 9.10 Å². The van der Waals surface area contributed by atoms with Crippen LogP contribution in [0.3, 0.4) is 0 Å². The quantitative estimate of drug-likeness (QED) is 0.735. The van der Waals surface area contributed by atoms with E-state index in [2.05, 4.69) is 5.32 Å². The maximum atomic E-state index is 12.3.